The van der Waals surface area contributed by atoms with E-state index < -0.39 is 0 Å². The summed E-state index contributed by atoms with van der Waals surface area (Å²) in [5.74, 6) is 0. The molecule has 0 heteroatoms. The van der Waals surface area contributed by atoms with E-state index in [9.17, 15) is 0 Å². The molecule has 0 atom stereocenters. The van der Waals surface area contributed by atoms with Gasteiger partial charge in [-0.25, -0.2) is 0 Å². The van der Waals surface area contributed by atoms with Crippen molar-refractivity contribution in [2.75, 3.05) is 0 Å². The molecule has 0 saturated heterocycles. The van der Waals surface area contributed by atoms with Crippen molar-refractivity contribution in [2.45, 2.75) is 128 Å². The fourth-order valence-corrected chi connectivity index (χ4v) is 11.9. The van der Waals surface area contributed by atoms with Crippen LogP contribution in [0.2, 0.25) is 0 Å². The third-order valence-electron chi connectivity index (χ3n) is 17.3. The molecule has 92 heavy (non-hydrogen) atoms. The molecule has 0 aliphatic heterocycles. The van der Waals surface area contributed by atoms with Gasteiger partial charge in [-0.1, -0.05) is 340 Å². The van der Waals surface area contributed by atoms with Crippen LogP contribution in [0.1, 0.15) is 115 Å². The largest absolute Gasteiger partial charge is 0.0622 e. The van der Waals surface area contributed by atoms with E-state index in [1.807, 2.05) is 0 Å². The van der Waals surface area contributed by atoms with Crippen LogP contribution >= 0.6 is 0 Å². The van der Waals surface area contributed by atoms with Gasteiger partial charge in [-0.15, -0.1) is 0 Å². The van der Waals surface area contributed by atoms with Crippen LogP contribution in [0, 0.1) is 0 Å². The Kier molecular flexibility index (Phi) is 29.4. The van der Waals surface area contributed by atoms with Crippen LogP contribution in [0.4, 0.5) is 0 Å². The highest BCUT2D eigenvalue weighted by Crippen LogP contribution is 2.18. The molecule has 0 aromatic heterocycles. The molecule has 0 radical (unpaired) electrons. The lowest BCUT2D eigenvalue weighted by atomic mass is 9.99. The highest BCUT2D eigenvalue weighted by atomic mass is 14.1. The van der Waals surface area contributed by atoms with Gasteiger partial charge < -0.3 is 0 Å². The Hall–Kier alpha value is -9.36. The Morgan fingerprint density at radius 1 is 0.0978 bits per heavy atom. The van der Waals surface area contributed by atoms with E-state index in [0.717, 1.165) is 51.4 Å². The molecule has 0 bridgehead atoms. The second-order valence-corrected chi connectivity index (χ2v) is 24.6. The van der Waals surface area contributed by atoms with E-state index in [0.29, 0.717) is 0 Å². The number of hydrogen-bond donors (Lipinski definition) is 0. The quantitative estimate of drug-likeness (QED) is 0.0458. The summed E-state index contributed by atoms with van der Waals surface area (Å²) in [6.07, 6.45) is 23.1. The average Bonchev–Trinajstić information content (AvgIpc) is 3.81. The van der Waals surface area contributed by atoms with Gasteiger partial charge in [-0.2, -0.15) is 0 Å². The Morgan fingerprint density at radius 3 is 0.413 bits per heavy atom. The van der Waals surface area contributed by atoms with E-state index in [1.54, 1.807) is 0 Å². The maximum Gasteiger partial charge on any atom is -0.0238 e. The Morgan fingerprint density at radius 2 is 0.217 bits per heavy atom. The van der Waals surface area contributed by atoms with Gasteiger partial charge in [0.05, 0.1) is 0 Å². The van der Waals surface area contributed by atoms with Crippen molar-refractivity contribution >= 4 is 0 Å². The fourth-order valence-electron chi connectivity index (χ4n) is 11.9. The van der Waals surface area contributed by atoms with Crippen LogP contribution in [0.5, 0.6) is 0 Å². The maximum atomic E-state index is 2.40. The minimum absolute atomic E-state index is 1.11. The van der Waals surface area contributed by atoms with Gasteiger partial charge in [0.25, 0.3) is 0 Å². The third kappa shape index (κ3) is 26.6. The predicted octanol–water partition coefficient (Wildman–Crippen LogP) is 22.6. The minimum Gasteiger partial charge on any atom is -0.0622 e. The van der Waals surface area contributed by atoms with Crippen LogP contribution < -0.4 is 0 Å². The summed E-state index contributed by atoms with van der Waals surface area (Å²) in [4.78, 5) is 0. The van der Waals surface area contributed by atoms with Gasteiger partial charge in [0.2, 0.25) is 0 Å². The standard InChI is InChI=1S/2C24H26.2C22H22/c1-3-10-21(11-4-1)14-7-16-23-18-9-19-24(20-23)17-8-15-22-12-5-2-6-13-22;1-3-9-21(10-4-1)13-7-15-23-17-19-24(20-18-23)16-8-14-22-11-5-2-6-12-22;1-3-8-19(9-4-1)14-16-21-12-7-13-22(18-21)17-15-20-10-5-2-6-11-20;1-3-7-19(8-4-1)11-13-21-15-17-22(18-16-21)14-12-20-9-5-2-6-10-20/h1-6,9-13,18-20H,7-8,14-17H2;1-6,9-12,17-20H,7-8,13-16H2;1-13,18H,14-17H2;1-10,15-18H,11-14H2. The molecule has 12 aromatic rings. The van der Waals surface area contributed by atoms with E-state index in [2.05, 4.69) is 340 Å². The zero-order valence-corrected chi connectivity index (χ0v) is 54.5. The summed E-state index contributed by atoms with van der Waals surface area (Å²) >= 11 is 0. The molecule has 12 rings (SSSR count). The Balaban J connectivity index is 0.000000145. The van der Waals surface area contributed by atoms with Gasteiger partial charge >= 0.3 is 0 Å². The first-order chi connectivity index (χ1) is 45.6. The molecule has 0 heterocycles. The summed E-state index contributed by atoms with van der Waals surface area (Å²) < 4.78 is 0. The van der Waals surface area contributed by atoms with Crippen LogP contribution in [0.3, 0.4) is 0 Å². The summed E-state index contributed by atoms with van der Waals surface area (Å²) in [7, 11) is 0. The fraction of sp³-hybridized carbons (Fsp3) is 0.217. The van der Waals surface area contributed by atoms with Gasteiger partial charge in [0.15, 0.2) is 0 Å². The van der Waals surface area contributed by atoms with Crippen molar-refractivity contribution < 1.29 is 0 Å². The lowest BCUT2D eigenvalue weighted by Gasteiger charge is -2.06. The highest BCUT2D eigenvalue weighted by Gasteiger charge is 2.04. The zero-order valence-electron chi connectivity index (χ0n) is 54.5. The third-order valence-corrected chi connectivity index (χ3v) is 17.3. The molecular formula is C92H96. The molecule has 464 valence electrons. The first kappa shape index (κ1) is 67.0. The Bertz CT molecular complexity index is 3540. The second kappa shape index (κ2) is 40.4. The highest BCUT2D eigenvalue weighted by molar-refractivity contribution is 5.31. The van der Waals surface area contributed by atoms with Crippen molar-refractivity contribution in [1.82, 2.24) is 0 Å². The van der Waals surface area contributed by atoms with Gasteiger partial charge in [0.1, 0.15) is 0 Å². The second-order valence-electron chi connectivity index (χ2n) is 24.6. The number of hydrogen-bond acceptors (Lipinski definition) is 0. The molecule has 0 fully saturated rings. The molecule has 0 saturated carbocycles. The van der Waals surface area contributed by atoms with Crippen molar-refractivity contribution in [3.8, 4) is 0 Å². The van der Waals surface area contributed by atoms with E-state index >= 15 is 0 Å². The lowest BCUT2D eigenvalue weighted by Crippen LogP contribution is -1.95. The molecule has 0 aliphatic carbocycles. The number of benzene rings is 12. The van der Waals surface area contributed by atoms with Crippen molar-refractivity contribution in [3.05, 3.63) is 429 Å². The summed E-state index contributed by atoms with van der Waals surface area (Å²) in [5.41, 5.74) is 23.0. The summed E-state index contributed by atoms with van der Waals surface area (Å²) in [6.45, 7) is 0. The van der Waals surface area contributed by atoms with Gasteiger partial charge in [-0.3, -0.25) is 0 Å². The van der Waals surface area contributed by atoms with Gasteiger partial charge in [0, 0.05) is 0 Å². The zero-order chi connectivity index (χ0) is 63.0. The minimum atomic E-state index is 1.11. The monoisotopic (exact) mass is 1200 g/mol. The molecule has 0 nitrogen and oxygen atoms in total. The van der Waals surface area contributed by atoms with Gasteiger partial charge in [-0.05, 0) is 217 Å². The smallest absolute Gasteiger partial charge is 0.0238 e. The number of aryl methyl sites for hydroxylation is 16. The molecule has 12 aromatic carbocycles. The molecule has 0 aliphatic rings. The molecule has 0 amide bonds. The van der Waals surface area contributed by atoms with E-state index in [4.69, 9.17) is 0 Å². The summed E-state index contributed by atoms with van der Waals surface area (Å²) in [6, 6.07) is 123. The SMILES string of the molecule is c1ccc(CCCc2ccc(CCCc3ccccc3)cc2)cc1.c1ccc(CCCc2cccc(CCCc3ccccc3)c2)cc1.c1ccc(CCc2ccc(CCc3ccccc3)cc2)cc1.c1ccc(CCc2cccc(CCc3ccccc3)c2)cc1. The van der Waals surface area contributed by atoms with Crippen LogP contribution in [-0.4, -0.2) is 0 Å². The normalized spacial score (nSPS) is 10.6. The van der Waals surface area contributed by atoms with E-state index in [1.165, 1.54) is 166 Å². The Labute approximate surface area is 553 Å². The number of rotatable bonds is 28. The first-order valence-corrected chi connectivity index (χ1v) is 34.2. The molecule has 0 N–H and O–H groups in total. The van der Waals surface area contributed by atoms with Crippen molar-refractivity contribution in [1.29, 1.82) is 0 Å². The predicted molar refractivity (Wildman–Crippen MR) is 395 cm³/mol. The summed E-state index contributed by atoms with van der Waals surface area (Å²) in [5, 5.41) is 0. The maximum absolute atomic E-state index is 2.40. The topological polar surface area (TPSA) is 0 Å². The van der Waals surface area contributed by atoms with Crippen LogP contribution in [0.25, 0.3) is 0 Å². The molecule has 0 unspecified atom stereocenters. The van der Waals surface area contributed by atoms with Crippen molar-refractivity contribution in [3.63, 3.8) is 0 Å². The lowest BCUT2D eigenvalue weighted by molar-refractivity contribution is 0.804. The van der Waals surface area contributed by atoms with E-state index in [-0.39, 0.29) is 0 Å². The molecule has 0 spiro atoms. The molecular weight excluding hydrogens is 1110 g/mol. The van der Waals surface area contributed by atoms with Crippen LogP contribution in [0.15, 0.2) is 340 Å². The van der Waals surface area contributed by atoms with Crippen molar-refractivity contribution in [2.24, 2.45) is 0 Å². The average molecular weight is 1200 g/mol. The first-order valence-electron chi connectivity index (χ1n) is 34.2. The van der Waals surface area contributed by atoms with Crippen LogP contribution in [-0.2, 0) is 103 Å².